The summed E-state index contributed by atoms with van der Waals surface area (Å²) in [5.74, 6) is 2.62. The molecule has 1 rings (SSSR count). The van der Waals surface area contributed by atoms with E-state index >= 15 is 0 Å². The fourth-order valence-corrected chi connectivity index (χ4v) is 2.23. The van der Waals surface area contributed by atoms with Gasteiger partial charge in [0, 0.05) is 5.56 Å². The number of hydrogen-bond donors (Lipinski definition) is 0. The summed E-state index contributed by atoms with van der Waals surface area (Å²) in [7, 11) is 0. The highest BCUT2D eigenvalue weighted by molar-refractivity contribution is 7.99. The van der Waals surface area contributed by atoms with Crippen molar-refractivity contribution in [3.63, 3.8) is 0 Å². The van der Waals surface area contributed by atoms with Crippen LogP contribution < -0.4 is 4.74 Å². The molecule has 1 aromatic carbocycles. The van der Waals surface area contributed by atoms with E-state index in [1.54, 1.807) is 11.8 Å². The van der Waals surface area contributed by atoms with Gasteiger partial charge in [0.2, 0.25) is 0 Å². The van der Waals surface area contributed by atoms with E-state index in [0.717, 1.165) is 28.2 Å². The van der Waals surface area contributed by atoms with Gasteiger partial charge in [0.25, 0.3) is 0 Å². The van der Waals surface area contributed by atoms with Crippen molar-refractivity contribution in [3.05, 3.63) is 28.8 Å². The molecule has 3 heteroatoms. The zero-order valence-corrected chi connectivity index (χ0v) is 11.8. The maximum absolute atomic E-state index is 12.0. The third-order valence-electron chi connectivity index (χ3n) is 2.78. The molecule has 2 nitrogen and oxygen atoms in total. The summed E-state index contributed by atoms with van der Waals surface area (Å²) in [6.45, 7) is 8.67. The van der Waals surface area contributed by atoms with Crippen molar-refractivity contribution >= 4 is 17.5 Å². The van der Waals surface area contributed by atoms with Crippen LogP contribution in [0.4, 0.5) is 0 Å². The monoisotopic (exact) mass is 252 g/mol. The Kier molecular flexibility index (Phi) is 5.56. The van der Waals surface area contributed by atoms with Gasteiger partial charge < -0.3 is 4.74 Å². The van der Waals surface area contributed by atoms with Crippen molar-refractivity contribution in [2.45, 2.75) is 27.7 Å². The number of carbonyl (C=O) groups is 1. The van der Waals surface area contributed by atoms with Crippen LogP contribution in [0.3, 0.4) is 0 Å². The van der Waals surface area contributed by atoms with E-state index in [2.05, 4.69) is 6.92 Å². The average molecular weight is 252 g/mol. The lowest BCUT2D eigenvalue weighted by molar-refractivity contribution is 0.102. The van der Waals surface area contributed by atoms with E-state index in [1.165, 1.54) is 0 Å². The lowest BCUT2D eigenvalue weighted by Crippen LogP contribution is -2.07. The van der Waals surface area contributed by atoms with E-state index in [-0.39, 0.29) is 5.78 Å². The summed E-state index contributed by atoms with van der Waals surface area (Å²) in [5.41, 5.74) is 2.93. The Morgan fingerprint density at radius 3 is 2.53 bits per heavy atom. The van der Waals surface area contributed by atoms with E-state index in [0.29, 0.717) is 12.4 Å². The molecule has 0 aliphatic heterocycles. The van der Waals surface area contributed by atoms with Gasteiger partial charge in [-0.15, -0.1) is 0 Å². The lowest BCUT2D eigenvalue weighted by Gasteiger charge is -2.12. The Labute approximate surface area is 108 Å². The molecule has 0 saturated heterocycles. The van der Waals surface area contributed by atoms with Gasteiger partial charge >= 0.3 is 0 Å². The Morgan fingerprint density at radius 1 is 1.24 bits per heavy atom. The summed E-state index contributed by atoms with van der Waals surface area (Å²) in [6.07, 6.45) is 0. The molecule has 0 N–H and O–H groups in total. The molecule has 0 aliphatic carbocycles. The van der Waals surface area contributed by atoms with Crippen LogP contribution >= 0.6 is 11.8 Å². The first-order valence-electron chi connectivity index (χ1n) is 5.95. The van der Waals surface area contributed by atoms with Crippen molar-refractivity contribution in [1.29, 1.82) is 0 Å². The number of benzene rings is 1. The second-order valence-corrected chi connectivity index (χ2v) is 5.13. The minimum Gasteiger partial charge on any atom is -0.494 e. The normalized spacial score (nSPS) is 10.4. The number of thioether (sulfide) groups is 1. The van der Waals surface area contributed by atoms with Gasteiger partial charge in [0.1, 0.15) is 5.75 Å². The topological polar surface area (TPSA) is 26.3 Å². The van der Waals surface area contributed by atoms with E-state index in [1.807, 2.05) is 32.9 Å². The fraction of sp³-hybridized carbons (Fsp3) is 0.500. The van der Waals surface area contributed by atoms with Crippen LogP contribution in [0, 0.1) is 13.8 Å². The summed E-state index contributed by atoms with van der Waals surface area (Å²) >= 11 is 1.66. The first kappa shape index (κ1) is 14.1. The van der Waals surface area contributed by atoms with Gasteiger partial charge in [0.05, 0.1) is 12.4 Å². The van der Waals surface area contributed by atoms with Crippen LogP contribution in [0.15, 0.2) is 12.1 Å². The largest absolute Gasteiger partial charge is 0.494 e. The van der Waals surface area contributed by atoms with Crippen molar-refractivity contribution in [2.24, 2.45) is 0 Å². The third-order valence-corrected chi connectivity index (χ3v) is 3.65. The highest BCUT2D eigenvalue weighted by Crippen LogP contribution is 2.25. The predicted molar refractivity (Wildman–Crippen MR) is 74.4 cm³/mol. The number of rotatable bonds is 6. The molecule has 1 aromatic rings. The molecule has 0 spiro atoms. The highest BCUT2D eigenvalue weighted by atomic mass is 32.2. The number of ketones is 1. The lowest BCUT2D eigenvalue weighted by atomic mass is 10.00. The predicted octanol–water partition coefficient (Wildman–Crippen LogP) is 3.64. The zero-order valence-electron chi connectivity index (χ0n) is 11.0. The third kappa shape index (κ3) is 3.50. The second kappa shape index (κ2) is 6.70. The summed E-state index contributed by atoms with van der Waals surface area (Å²) < 4.78 is 5.52. The van der Waals surface area contributed by atoms with Crippen LogP contribution in [0.2, 0.25) is 0 Å². The maximum Gasteiger partial charge on any atom is 0.172 e. The van der Waals surface area contributed by atoms with E-state index in [4.69, 9.17) is 4.74 Å². The highest BCUT2D eigenvalue weighted by Gasteiger charge is 2.13. The van der Waals surface area contributed by atoms with Gasteiger partial charge in [-0.3, -0.25) is 4.79 Å². The van der Waals surface area contributed by atoms with E-state index < -0.39 is 0 Å². The molecule has 0 saturated carbocycles. The standard InChI is InChI=1S/C14H20O2S/c1-5-16-14-8-7-12(10(3)11(14)4)13(15)9-17-6-2/h7-8H,5-6,9H2,1-4H3. The van der Waals surface area contributed by atoms with Crippen LogP contribution in [-0.4, -0.2) is 23.9 Å². The second-order valence-electron chi connectivity index (χ2n) is 3.85. The molecule has 0 bridgehead atoms. The van der Waals surface area contributed by atoms with Gasteiger partial charge in [0.15, 0.2) is 5.78 Å². The van der Waals surface area contributed by atoms with Gasteiger partial charge in [-0.25, -0.2) is 0 Å². The Morgan fingerprint density at radius 2 is 1.94 bits per heavy atom. The zero-order chi connectivity index (χ0) is 12.8. The molecule has 94 valence electrons. The molecular weight excluding hydrogens is 232 g/mol. The molecule has 0 fully saturated rings. The van der Waals surface area contributed by atoms with Crippen LogP contribution in [0.1, 0.15) is 35.3 Å². The Hall–Kier alpha value is -0.960. The number of carbonyl (C=O) groups excluding carboxylic acids is 1. The average Bonchev–Trinajstić information content (AvgIpc) is 2.32. The Bertz CT molecular complexity index is 399. The minimum absolute atomic E-state index is 0.209. The number of ether oxygens (including phenoxy) is 1. The number of Topliss-reactive ketones (excluding diaryl/α,β-unsaturated/α-hetero) is 1. The number of hydrogen-bond acceptors (Lipinski definition) is 3. The van der Waals surface area contributed by atoms with Crippen LogP contribution in [0.25, 0.3) is 0 Å². The first-order chi connectivity index (χ1) is 8.11. The minimum atomic E-state index is 0.209. The van der Waals surface area contributed by atoms with Gasteiger partial charge in [-0.2, -0.15) is 11.8 Å². The van der Waals surface area contributed by atoms with Crippen LogP contribution in [0.5, 0.6) is 5.75 Å². The SMILES string of the molecule is CCOc1ccc(C(=O)CSCC)c(C)c1C. The van der Waals surface area contributed by atoms with Crippen LogP contribution in [-0.2, 0) is 0 Å². The van der Waals surface area contributed by atoms with Crippen molar-refractivity contribution in [3.8, 4) is 5.75 Å². The molecule has 0 aromatic heterocycles. The molecule has 0 heterocycles. The van der Waals surface area contributed by atoms with Gasteiger partial charge in [-0.1, -0.05) is 6.92 Å². The van der Waals surface area contributed by atoms with Gasteiger partial charge in [-0.05, 0) is 49.8 Å². The molecule has 0 atom stereocenters. The summed E-state index contributed by atoms with van der Waals surface area (Å²) in [6, 6.07) is 3.78. The van der Waals surface area contributed by atoms with Crippen molar-refractivity contribution in [2.75, 3.05) is 18.1 Å². The quantitative estimate of drug-likeness (QED) is 0.723. The Balaban J connectivity index is 2.95. The fourth-order valence-electron chi connectivity index (χ4n) is 1.68. The van der Waals surface area contributed by atoms with Crippen molar-refractivity contribution in [1.82, 2.24) is 0 Å². The first-order valence-corrected chi connectivity index (χ1v) is 7.11. The maximum atomic E-state index is 12.0. The molecule has 0 radical (unpaired) electrons. The summed E-state index contributed by atoms with van der Waals surface area (Å²) in [4.78, 5) is 12.0. The van der Waals surface area contributed by atoms with E-state index in [9.17, 15) is 4.79 Å². The molecule has 17 heavy (non-hydrogen) atoms. The van der Waals surface area contributed by atoms with Crippen molar-refractivity contribution < 1.29 is 9.53 Å². The molecular formula is C14H20O2S. The molecule has 0 unspecified atom stereocenters. The molecule has 0 aliphatic rings. The summed E-state index contributed by atoms with van der Waals surface area (Å²) in [5, 5.41) is 0. The smallest absolute Gasteiger partial charge is 0.172 e. The molecule has 0 amide bonds.